The second-order valence-corrected chi connectivity index (χ2v) is 22.7. The van der Waals surface area contributed by atoms with Crippen molar-refractivity contribution in [1.82, 2.24) is 0 Å². The average Bonchev–Trinajstić information content (AvgIpc) is 3.44. The molecular formula is C72H128O6. The molecule has 0 bridgehead atoms. The molecule has 0 aliphatic heterocycles. The molecule has 0 rings (SSSR count). The lowest BCUT2D eigenvalue weighted by molar-refractivity contribution is -0.167. The zero-order valence-electron chi connectivity index (χ0n) is 51.9. The van der Waals surface area contributed by atoms with Crippen molar-refractivity contribution in [2.75, 3.05) is 13.2 Å². The summed E-state index contributed by atoms with van der Waals surface area (Å²) in [4.78, 5) is 38.3. The first kappa shape index (κ1) is 74.8. The minimum atomic E-state index is -0.778. The van der Waals surface area contributed by atoms with Crippen molar-refractivity contribution in [2.24, 2.45) is 0 Å². The van der Waals surface area contributed by atoms with E-state index in [4.69, 9.17) is 14.2 Å². The summed E-state index contributed by atoms with van der Waals surface area (Å²) in [6.45, 7) is 6.54. The van der Waals surface area contributed by atoms with E-state index < -0.39 is 6.10 Å². The lowest BCUT2D eigenvalue weighted by Crippen LogP contribution is -2.30. The van der Waals surface area contributed by atoms with Gasteiger partial charge in [-0.1, -0.05) is 312 Å². The molecule has 0 aliphatic rings. The molecular weight excluding hydrogens is 961 g/mol. The first-order chi connectivity index (χ1) is 38.5. The van der Waals surface area contributed by atoms with Crippen molar-refractivity contribution in [3.05, 3.63) is 72.9 Å². The molecule has 0 saturated carbocycles. The van der Waals surface area contributed by atoms with E-state index in [2.05, 4.69) is 93.7 Å². The van der Waals surface area contributed by atoms with Crippen LogP contribution < -0.4 is 0 Å². The largest absolute Gasteiger partial charge is 0.462 e. The number of ether oxygens (including phenoxy) is 3. The Kier molecular flexibility index (Phi) is 63.7. The second-order valence-electron chi connectivity index (χ2n) is 22.7. The van der Waals surface area contributed by atoms with E-state index in [0.717, 1.165) is 96.3 Å². The average molecular weight is 1090 g/mol. The Bertz CT molecular complexity index is 1440. The number of carbonyl (C=O) groups is 3. The predicted molar refractivity (Wildman–Crippen MR) is 339 cm³/mol. The van der Waals surface area contributed by atoms with Crippen LogP contribution in [-0.4, -0.2) is 37.2 Å². The molecule has 0 spiro atoms. The molecule has 1 unspecified atom stereocenters. The fourth-order valence-electron chi connectivity index (χ4n) is 9.88. The van der Waals surface area contributed by atoms with Crippen LogP contribution in [0.1, 0.15) is 348 Å². The van der Waals surface area contributed by atoms with Crippen LogP contribution in [-0.2, 0) is 28.6 Å². The van der Waals surface area contributed by atoms with Gasteiger partial charge in [0.25, 0.3) is 0 Å². The number of hydrogen-bond donors (Lipinski definition) is 0. The van der Waals surface area contributed by atoms with Crippen LogP contribution in [0.3, 0.4) is 0 Å². The molecule has 0 amide bonds. The Balaban J connectivity index is 4.25. The van der Waals surface area contributed by atoms with Crippen LogP contribution in [0.15, 0.2) is 72.9 Å². The molecule has 78 heavy (non-hydrogen) atoms. The van der Waals surface area contributed by atoms with Crippen LogP contribution in [0.25, 0.3) is 0 Å². The van der Waals surface area contributed by atoms with Gasteiger partial charge < -0.3 is 14.2 Å². The topological polar surface area (TPSA) is 78.9 Å². The number of unbranched alkanes of at least 4 members (excludes halogenated alkanes) is 39. The Labute approximate surface area is 484 Å². The molecule has 0 aromatic rings. The molecule has 0 radical (unpaired) electrons. The van der Waals surface area contributed by atoms with E-state index in [9.17, 15) is 14.4 Å². The first-order valence-electron chi connectivity index (χ1n) is 33.9. The zero-order chi connectivity index (χ0) is 56.4. The maximum atomic E-state index is 12.9. The van der Waals surface area contributed by atoms with Crippen LogP contribution in [0, 0.1) is 0 Å². The van der Waals surface area contributed by atoms with Gasteiger partial charge in [-0.15, -0.1) is 0 Å². The molecule has 6 nitrogen and oxygen atoms in total. The van der Waals surface area contributed by atoms with Gasteiger partial charge in [0.05, 0.1) is 0 Å². The SMILES string of the molecule is CC/C=C\C/C=C\C/C=C\C/C=C\C/C=C\CCCCCCCCCCCCCC(=O)OCC(COC(=O)CCCCCCC/C=C\CCCCC)OC(=O)CCCCCCCCCCCCCCCCCCCCCCC. The third kappa shape index (κ3) is 63.7. The monoisotopic (exact) mass is 1090 g/mol. The van der Waals surface area contributed by atoms with E-state index in [1.54, 1.807) is 0 Å². The van der Waals surface area contributed by atoms with E-state index in [1.807, 2.05) is 0 Å². The lowest BCUT2D eigenvalue weighted by Gasteiger charge is -2.18. The molecule has 6 heteroatoms. The summed E-state index contributed by atoms with van der Waals surface area (Å²) in [7, 11) is 0. The van der Waals surface area contributed by atoms with Crippen molar-refractivity contribution in [2.45, 2.75) is 354 Å². The minimum Gasteiger partial charge on any atom is -0.462 e. The fourth-order valence-corrected chi connectivity index (χ4v) is 9.88. The van der Waals surface area contributed by atoms with Crippen molar-refractivity contribution in [1.29, 1.82) is 0 Å². The number of hydrogen-bond acceptors (Lipinski definition) is 6. The lowest BCUT2D eigenvalue weighted by atomic mass is 10.0. The van der Waals surface area contributed by atoms with E-state index >= 15 is 0 Å². The highest BCUT2D eigenvalue weighted by molar-refractivity contribution is 5.71. The number of esters is 3. The van der Waals surface area contributed by atoms with Crippen molar-refractivity contribution < 1.29 is 28.6 Å². The van der Waals surface area contributed by atoms with Gasteiger partial charge in [0.2, 0.25) is 0 Å². The standard InChI is InChI=1S/C72H128O6/c1-4-7-10-13-16-19-22-25-27-29-31-33-34-35-36-37-38-40-41-43-45-47-50-53-56-59-62-65-71(74)77-68-69(67-76-70(73)64-61-58-55-52-49-24-21-18-15-12-9-6-3)78-72(75)66-63-60-57-54-51-48-46-44-42-39-32-30-28-26-23-20-17-14-11-8-5-2/h7,10,16,18-19,21,25,27,31,33,35-36,69H,4-6,8-9,11-15,17,20,22-24,26,28-30,32,34,37-68H2,1-3H3/b10-7-,19-16-,21-18-,27-25-,33-31-,36-35-. The summed E-state index contributed by atoms with van der Waals surface area (Å²) in [5.41, 5.74) is 0. The smallest absolute Gasteiger partial charge is 0.306 e. The summed E-state index contributed by atoms with van der Waals surface area (Å²) < 4.78 is 17.0. The van der Waals surface area contributed by atoms with Gasteiger partial charge in [0.15, 0.2) is 6.10 Å². The summed E-state index contributed by atoms with van der Waals surface area (Å²) >= 11 is 0. The predicted octanol–water partition coefficient (Wildman–Crippen LogP) is 23.3. The Morgan fingerprint density at radius 3 is 0.821 bits per heavy atom. The highest BCUT2D eigenvalue weighted by Crippen LogP contribution is 2.18. The van der Waals surface area contributed by atoms with Gasteiger partial charge in [-0.25, -0.2) is 0 Å². The first-order valence-corrected chi connectivity index (χ1v) is 33.9. The Morgan fingerprint density at radius 1 is 0.269 bits per heavy atom. The Morgan fingerprint density at radius 2 is 0.500 bits per heavy atom. The molecule has 0 fully saturated rings. The number of carbonyl (C=O) groups excluding carboxylic acids is 3. The van der Waals surface area contributed by atoms with Crippen molar-refractivity contribution in [3.8, 4) is 0 Å². The van der Waals surface area contributed by atoms with Crippen LogP contribution in [0.2, 0.25) is 0 Å². The summed E-state index contributed by atoms with van der Waals surface area (Å²) in [5, 5.41) is 0. The maximum Gasteiger partial charge on any atom is 0.306 e. The third-order valence-electron chi connectivity index (χ3n) is 14.9. The normalized spacial score (nSPS) is 12.5. The second kappa shape index (κ2) is 66.4. The van der Waals surface area contributed by atoms with E-state index in [0.29, 0.717) is 19.3 Å². The fraction of sp³-hybridized carbons (Fsp3) is 0.792. The quantitative estimate of drug-likeness (QED) is 0.0261. The van der Waals surface area contributed by atoms with Gasteiger partial charge in [0, 0.05) is 19.3 Å². The summed E-state index contributed by atoms with van der Waals surface area (Å²) in [5.74, 6) is -0.868. The molecule has 0 aromatic carbocycles. The summed E-state index contributed by atoms with van der Waals surface area (Å²) in [6.07, 6.45) is 86.4. The third-order valence-corrected chi connectivity index (χ3v) is 14.9. The van der Waals surface area contributed by atoms with Crippen LogP contribution >= 0.6 is 0 Å². The van der Waals surface area contributed by atoms with Gasteiger partial charge >= 0.3 is 17.9 Å². The van der Waals surface area contributed by atoms with E-state index in [1.165, 1.54) is 212 Å². The summed E-state index contributed by atoms with van der Waals surface area (Å²) in [6, 6.07) is 0. The Hall–Kier alpha value is -3.15. The van der Waals surface area contributed by atoms with Crippen molar-refractivity contribution >= 4 is 17.9 Å². The molecule has 0 heterocycles. The van der Waals surface area contributed by atoms with Gasteiger partial charge in [-0.05, 0) is 89.9 Å². The minimum absolute atomic E-state index is 0.0758. The molecule has 0 aliphatic carbocycles. The molecule has 452 valence electrons. The van der Waals surface area contributed by atoms with Gasteiger partial charge in [0.1, 0.15) is 13.2 Å². The van der Waals surface area contributed by atoms with Crippen LogP contribution in [0.5, 0.6) is 0 Å². The molecule has 0 N–H and O–H groups in total. The highest BCUT2D eigenvalue weighted by atomic mass is 16.6. The van der Waals surface area contributed by atoms with Gasteiger partial charge in [-0.3, -0.25) is 14.4 Å². The highest BCUT2D eigenvalue weighted by Gasteiger charge is 2.19. The van der Waals surface area contributed by atoms with Crippen LogP contribution in [0.4, 0.5) is 0 Å². The molecule has 0 saturated heterocycles. The zero-order valence-corrected chi connectivity index (χ0v) is 51.9. The molecule has 0 aromatic heterocycles. The molecule has 1 atom stereocenters. The maximum absolute atomic E-state index is 12.9. The number of rotatable bonds is 62. The number of allylic oxidation sites excluding steroid dienone is 12. The van der Waals surface area contributed by atoms with Crippen molar-refractivity contribution in [3.63, 3.8) is 0 Å². The van der Waals surface area contributed by atoms with Gasteiger partial charge in [-0.2, -0.15) is 0 Å². The van der Waals surface area contributed by atoms with E-state index in [-0.39, 0.29) is 31.1 Å².